The largest absolute Gasteiger partial charge is 0.482 e. The minimum atomic E-state index is -0.103. The number of carbonyl (C=O) groups is 2. The quantitative estimate of drug-likeness (QED) is 0.842. The molecular formula is C13H14ClNO3. The number of anilines is 1. The van der Waals surface area contributed by atoms with E-state index in [0.29, 0.717) is 35.8 Å². The Morgan fingerprint density at radius 2 is 2.28 bits per heavy atom. The van der Waals surface area contributed by atoms with Crippen LogP contribution in [0.25, 0.3) is 0 Å². The molecule has 0 N–H and O–H groups in total. The number of Topliss-reactive ketones (excluding diaryl/α,β-unsaturated/α-hetero) is 1. The molecule has 0 saturated heterocycles. The Balaban J connectivity index is 2.16. The van der Waals surface area contributed by atoms with Crippen molar-refractivity contribution < 1.29 is 14.3 Å². The van der Waals surface area contributed by atoms with Crippen molar-refractivity contribution in [2.75, 3.05) is 18.1 Å². The van der Waals surface area contributed by atoms with Crippen LogP contribution in [0.2, 0.25) is 5.02 Å². The van der Waals surface area contributed by atoms with E-state index < -0.39 is 0 Å². The lowest BCUT2D eigenvalue weighted by Gasteiger charge is -2.29. The normalized spacial score (nSPS) is 14.1. The van der Waals surface area contributed by atoms with E-state index >= 15 is 0 Å². The number of rotatable bonds is 4. The average Bonchev–Trinajstić information content (AvgIpc) is 2.31. The number of hydrogen-bond donors (Lipinski definition) is 0. The summed E-state index contributed by atoms with van der Waals surface area (Å²) in [7, 11) is 0. The molecule has 1 aromatic rings. The Kier molecular flexibility index (Phi) is 3.87. The summed E-state index contributed by atoms with van der Waals surface area (Å²) >= 11 is 5.93. The van der Waals surface area contributed by atoms with Gasteiger partial charge in [0.15, 0.2) is 6.61 Å². The Labute approximate surface area is 110 Å². The van der Waals surface area contributed by atoms with E-state index in [2.05, 4.69) is 0 Å². The van der Waals surface area contributed by atoms with Gasteiger partial charge in [0.25, 0.3) is 5.91 Å². The van der Waals surface area contributed by atoms with Crippen LogP contribution in [0.3, 0.4) is 0 Å². The fourth-order valence-electron chi connectivity index (χ4n) is 1.91. The highest BCUT2D eigenvalue weighted by Gasteiger charge is 2.25. The fourth-order valence-corrected chi connectivity index (χ4v) is 2.07. The van der Waals surface area contributed by atoms with Gasteiger partial charge in [-0.25, -0.2) is 0 Å². The Morgan fingerprint density at radius 3 is 3.00 bits per heavy atom. The first-order valence-corrected chi connectivity index (χ1v) is 6.18. The maximum Gasteiger partial charge on any atom is 0.265 e. The lowest BCUT2D eigenvalue weighted by molar-refractivity contribution is -0.121. The molecule has 0 spiro atoms. The smallest absolute Gasteiger partial charge is 0.265 e. The summed E-state index contributed by atoms with van der Waals surface area (Å²) in [6, 6.07) is 5.19. The maximum absolute atomic E-state index is 11.8. The Bertz CT molecular complexity index is 487. The van der Waals surface area contributed by atoms with Gasteiger partial charge in [0.2, 0.25) is 0 Å². The highest BCUT2D eigenvalue weighted by atomic mass is 35.5. The molecule has 4 nitrogen and oxygen atoms in total. The molecular weight excluding hydrogens is 254 g/mol. The summed E-state index contributed by atoms with van der Waals surface area (Å²) in [5.41, 5.74) is 0.683. The van der Waals surface area contributed by atoms with E-state index in [1.807, 2.05) is 0 Å². The molecule has 96 valence electrons. The molecule has 0 fully saturated rings. The average molecular weight is 268 g/mol. The number of nitrogens with zero attached hydrogens (tertiary/aromatic N) is 1. The summed E-state index contributed by atoms with van der Waals surface area (Å²) in [5.74, 6) is 0.678. The molecule has 1 aliphatic rings. The van der Waals surface area contributed by atoms with Gasteiger partial charge in [-0.15, -0.1) is 0 Å². The van der Waals surface area contributed by atoms with Crippen molar-refractivity contribution in [2.45, 2.75) is 19.8 Å². The molecule has 0 aliphatic carbocycles. The number of ketones is 1. The van der Waals surface area contributed by atoms with Gasteiger partial charge < -0.3 is 14.4 Å². The van der Waals surface area contributed by atoms with Crippen LogP contribution in [0.1, 0.15) is 19.8 Å². The van der Waals surface area contributed by atoms with Crippen molar-refractivity contribution in [1.29, 1.82) is 0 Å². The molecule has 1 aliphatic heterocycles. The molecule has 0 aromatic heterocycles. The molecule has 18 heavy (non-hydrogen) atoms. The van der Waals surface area contributed by atoms with Gasteiger partial charge in [-0.05, 0) is 31.5 Å². The number of benzene rings is 1. The number of hydrogen-bond acceptors (Lipinski definition) is 3. The number of fused-ring (bicyclic) bond motifs is 1. The van der Waals surface area contributed by atoms with Gasteiger partial charge in [0, 0.05) is 18.0 Å². The van der Waals surface area contributed by atoms with E-state index in [1.54, 1.807) is 30.0 Å². The number of amides is 1. The molecule has 0 saturated carbocycles. The Hall–Kier alpha value is -1.55. The molecule has 0 radical (unpaired) electrons. The molecule has 5 heteroatoms. The van der Waals surface area contributed by atoms with Gasteiger partial charge in [-0.3, -0.25) is 4.79 Å². The lowest BCUT2D eigenvalue weighted by Crippen LogP contribution is -2.39. The van der Waals surface area contributed by atoms with Crippen molar-refractivity contribution in [1.82, 2.24) is 0 Å². The van der Waals surface area contributed by atoms with Crippen LogP contribution >= 0.6 is 11.6 Å². The summed E-state index contributed by atoms with van der Waals surface area (Å²) in [6.45, 7) is 2.09. The standard InChI is InChI=1S/C13H14ClNO3/c1-9(16)3-2-6-15-11-7-10(14)4-5-12(11)18-8-13(15)17/h4-5,7H,2-3,6,8H2,1H3. The first-order chi connectivity index (χ1) is 8.58. The van der Waals surface area contributed by atoms with Gasteiger partial charge >= 0.3 is 0 Å². The number of carbonyl (C=O) groups excluding carboxylic acids is 2. The summed E-state index contributed by atoms with van der Waals surface area (Å²) in [6.07, 6.45) is 1.12. The highest BCUT2D eigenvalue weighted by molar-refractivity contribution is 6.31. The monoisotopic (exact) mass is 267 g/mol. The van der Waals surface area contributed by atoms with Gasteiger partial charge in [0.1, 0.15) is 11.5 Å². The van der Waals surface area contributed by atoms with Crippen molar-refractivity contribution in [3.05, 3.63) is 23.2 Å². The van der Waals surface area contributed by atoms with Gasteiger partial charge in [0.05, 0.1) is 5.69 Å². The van der Waals surface area contributed by atoms with Gasteiger partial charge in [-0.1, -0.05) is 11.6 Å². The van der Waals surface area contributed by atoms with E-state index in [1.165, 1.54) is 0 Å². The topological polar surface area (TPSA) is 46.6 Å². The first kappa shape index (κ1) is 12.9. The van der Waals surface area contributed by atoms with Crippen LogP contribution in [0.15, 0.2) is 18.2 Å². The zero-order valence-corrected chi connectivity index (χ0v) is 10.9. The van der Waals surface area contributed by atoms with Crippen LogP contribution in [-0.4, -0.2) is 24.8 Å². The number of halogens is 1. The Morgan fingerprint density at radius 1 is 1.50 bits per heavy atom. The third-order valence-electron chi connectivity index (χ3n) is 2.77. The van der Waals surface area contributed by atoms with Crippen molar-refractivity contribution >= 4 is 29.0 Å². The number of ether oxygens (including phenoxy) is 1. The SMILES string of the molecule is CC(=O)CCCN1C(=O)COc2ccc(Cl)cc21. The van der Waals surface area contributed by atoms with Crippen LogP contribution < -0.4 is 9.64 Å². The summed E-state index contributed by atoms with van der Waals surface area (Å²) < 4.78 is 5.33. The van der Waals surface area contributed by atoms with Crippen LogP contribution in [-0.2, 0) is 9.59 Å². The molecule has 1 heterocycles. The second kappa shape index (κ2) is 5.40. The van der Waals surface area contributed by atoms with E-state index in [4.69, 9.17) is 16.3 Å². The molecule has 0 atom stereocenters. The molecule has 0 unspecified atom stereocenters. The lowest BCUT2D eigenvalue weighted by atomic mass is 10.2. The first-order valence-electron chi connectivity index (χ1n) is 5.80. The van der Waals surface area contributed by atoms with Crippen molar-refractivity contribution in [3.63, 3.8) is 0 Å². The van der Waals surface area contributed by atoms with Crippen LogP contribution in [0, 0.1) is 0 Å². The zero-order chi connectivity index (χ0) is 13.1. The van der Waals surface area contributed by atoms with Crippen molar-refractivity contribution in [3.8, 4) is 5.75 Å². The summed E-state index contributed by atoms with van der Waals surface area (Å²) in [4.78, 5) is 24.4. The predicted molar refractivity (Wildman–Crippen MR) is 69.2 cm³/mol. The van der Waals surface area contributed by atoms with Crippen LogP contribution in [0.4, 0.5) is 5.69 Å². The maximum atomic E-state index is 11.8. The van der Waals surface area contributed by atoms with E-state index in [-0.39, 0.29) is 18.3 Å². The van der Waals surface area contributed by atoms with E-state index in [0.717, 1.165) is 0 Å². The third-order valence-corrected chi connectivity index (χ3v) is 3.01. The molecule has 0 bridgehead atoms. The molecule has 1 amide bonds. The minimum absolute atomic E-state index is 0.0364. The van der Waals surface area contributed by atoms with Gasteiger partial charge in [-0.2, -0.15) is 0 Å². The second-order valence-electron chi connectivity index (χ2n) is 4.25. The second-order valence-corrected chi connectivity index (χ2v) is 4.69. The molecule has 1 aromatic carbocycles. The fraction of sp³-hybridized carbons (Fsp3) is 0.385. The van der Waals surface area contributed by atoms with Crippen molar-refractivity contribution in [2.24, 2.45) is 0 Å². The molecule has 2 rings (SSSR count). The van der Waals surface area contributed by atoms with E-state index in [9.17, 15) is 9.59 Å². The predicted octanol–water partition coefficient (Wildman–Crippen LogP) is 2.43. The summed E-state index contributed by atoms with van der Waals surface area (Å²) in [5, 5.41) is 0.559. The minimum Gasteiger partial charge on any atom is -0.482 e. The third kappa shape index (κ3) is 2.82. The zero-order valence-electron chi connectivity index (χ0n) is 10.1. The highest BCUT2D eigenvalue weighted by Crippen LogP contribution is 2.34. The van der Waals surface area contributed by atoms with Crippen LogP contribution in [0.5, 0.6) is 5.75 Å².